The number of aryl methyl sites for hydroxylation is 1. The van der Waals surface area contributed by atoms with Gasteiger partial charge in [0.25, 0.3) is 0 Å². The Morgan fingerprint density at radius 3 is 2.85 bits per heavy atom. The van der Waals surface area contributed by atoms with Crippen molar-refractivity contribution in [3.63, 3.8) is 0 Å². The lowest BCUT2D eigenvalue weighted by Crippen LogP contribution is -2.33. The van der Waals surface area contributed by atoms with E-state index < -0.39 is 0 Å². The molecule has 1 aromatic heterocycles. The zero-order valence-corrected chi connectivity index (χ0v) is 13.4. The Hall–Kier alpha value is -0.830. The number of hydrogen-bond donors (Lipinski definition) is 1. The summed E-state index contributed by atoms with van der Waals surface area (Å²) in [5.74, 6) is 2.40. The van der Waals surface area contributed by atoms with Gasteiger partial charge in [-0.2, -0.15) is 5.10 Å². The first-order valence-corrected chi connectivity index (χ1v) is 8.52. The molecule has 1 fully saturated rings. The fourth-order valence-corrected chi connectivity index (χ4v) is 3.85. The van der Waals surface area contributed by atoms with E-state index in [-0.39, 0.29) is 0 Å². The molecule has 0 amide bonds. The number of nitrogens with zero attached hydrogens (tertiary/aromatic N) is 2. The number of hydrogen-bond acceptors (Lipinski definition) is 2. The van der Waals surface area contributed by atoms with Gasteiger partial charge in [-0.05, 0) is 50.8 Å². The summed E-state index contributed by atoms with van der Waals surface area (Å²) in [5, 5.41) is 8.06. The average molecular weight is 277 g/mol. The molecule has 3 nitrogen and oxygen atoms in total. The van der Waals surface area contributed by atoms with E-state index in [2.05, 4.69) is 41.9 Å². The van der Waals surface area contributed by atoms with Crippen LogP contribution in [0.1, 0.15) is 64.5 Å². The highest BCUT2D eigenvalue weighted by atomic mass is 15.3. The van der Waals surface area contributed by atoms with Crippen LogP contribution in [0, 0.1) is 11.8 Å². The minimum atomic E-state index is 0.696. The normalized spacial score (nSPS) is 26.9. The minimum absolute atomic E-state index is 0.696. The second-order valence-electron chi connectivity index (χ2n) is 6.21. The molecule has 2 rings (SSSR count). The first-order chi connectivity index (χ1) is 9.80. The molecule has 0 aliphatic heterocycles. The fourth-order valence-electron chi connectivity index (χ4n) is 3.85. The fraction of sp³-hybridized carbons (Fsp3) is 0.824. The highest BCUT2D eigenvalue weighted by Gasteiger charge is 2.32. The summed E-state index contributed by atoms with van der Waals surface area (Å²) >= 11 is 0. The zero-order valence-electron chi connectivity index (χ0n) is 13.4. The van der Waals surface area contributed by atoms with Crippen molar-refractivity contribution in [2.45, 2.75) is 65.3 Å². The molecule has 0 radical (unpaired) electrons. The van der Waals surface area contributed by atoms with Crippen molar-refractivity contribution in [3.8, 4) is 0 Å². The van der Waals surface area contributed by atoms with Gasteiger partial charge in [-0.15, -0.1) is 0 Å². The van der Waals surface area contributed by atoms with Crippen LogP contribution in [-0.2, 0) is 6.54 Å². The highest BCUT2D eigenvalue weighted by molar-refractivity contribution is 5.11. The van der Waals surface area contributed by atoms with Crippen LogP contribution in [0.4, 0.5) is 0 Å². The minimum Gasteiger partial charge on any atom is -0.317 e. The third kappa shape index (κ3) is 3.63. The molecule has 0 bridgehead atoms. The van der Waals surface area contributed by atoms with E-state index in [1.54, 1.807) is 0 Å². The standard InChI is InChI=1S/C17H31N3/c1-4-7-14-8-9-15(13-18-5-2)16(12-14)17-10-11-19-20(17)6-3/h10-11,14-16,18H,4-9,12-13H2,1-3H3. The number of rotatable bonds is 7. The van der Waals surface area contributed by atoms with Gasteiger partial charge in [0.2, 0.25) is 0 Å². The Kier molecular flexibility index (Phi) is 6.08. The summed E-state index contributed by atoms with van der Waals surface area (Å²) in [6, 6.07) is 2.25. The molecule has 1 aromatic rings. The monoisotopic (exact) mass is 277 g/mol. The first-order valence-electron chi connectivity index (χ1n) is 8.52. The van der Waals surface area contributed by atoms with Crippen LogP contribution in [0.3, 0.4) is 0 Å². The van der Waals surface area contributed by atoms with Crippen molar-refractivity contribution in [2.24, 2.45) is 11.8 Å². The van der Waals surface area contributed by atoms with E-state index in [1.807, 2.05) is 6.20 Å². The largest absolute Gasteiger partial charge is 0.317 e. The van der Waals surface area contributed by atoms with Gasteiger partial charge in [-0.1, -0.05) is 33.1 Å². The highest BCUT2D eigenvalue weighted by Crippen LogP contribution is 2.41. The summed E-state index contributed by atoms with van der Waals surface area (Å²) < 4.78 is 2.21. The topological polar surface area (TPSA) is 29.9 Å². The third-order valence-corrected chi connectivity index (χ3v) is 4.88. The van der Waals surface area contributed by atoms with Crippen molar-refractivity contribution in [1.29, 1.82) is 0 Å². The smallest absolute Gasteiger partial charge is 0.0492 e. The van der Waals surface area contributed by atoms with Gasteiger partial charge in [0.1, 0.15) is 0 Å². The van der Waals surface area contributed by atoms with Crippen molar-refractivity contribution in [1.82, 2.24) is 15.1 Å². The van der Waals surface area contributed by atoms with Gasteiger partial charge in [0.05, 0.1) is 0 Å². The molecule has 114 valence electrons. The molecule has 1 aliphatic carbocycles. The molecular formula is C17H31N3. The van der Waals surface area contributed by atoms with Gasteiger partial charge in [-0.3, -0.25) is 4.68 Å². The van der Waals surface area contributed by atoms with Crippen molar-refractivity contribution in [2.75, 3.05) is 13.1 Å². The van der Waals surface area contributed by atoms with Gasteiger partial charge >= 0.3 is 0 Å². The zero-order chi connectivity index (χ0) is 14.4. The van der Waals surface area contributed by atoms with Crippen LogP contribution in [0.15, 0.2) is 12.3 Å². The third-order valence-electron chi connectivity index (χ3n) is 4.88. The Bertz CT molecular complexity index is 385. The Morgan fingerprint density at radius 1 is 1.30 bits per heavy atom. The average Bonchev–Trinajstić information content (AvgIpc) is 2.94. The molecule has 1 aliphatic rings. The van der Waals surface area contributed by atoms with Crippen molar-refractivity contribution in [3.05, 3.63) is 18.0 Å². The Labute approximate surface area is 124 Å². The summed E-state index contributed by atoms with van der Waals surface area (Å²) in [6.45, 7) is 9.95. The second kappa shape index (κ2) is 7.82. The van der Waals surface area contributed by atoms with Crippen LogP contribution >= 0.6 is 0 Å². The SMILES string of the molecule is CCCC1CCC(CNCC)C(c2ccnn2CC)C1. The van der Waals surface area contributed by atoms with Gasteiger partial charge in [-0.25, -0.2) is 0 Å². The molecule has 1 heterocycles. The van der Waals surface area contributed by atoms with E-state index in [1.165, 1.54) is 37.8 Å². The maximum atomic E-state index is 4.49. The van der Waals surface area contributed by atoms with Crippen LogP contribution in [0.2, 0.25) is 0 Å². The summed E-state index contributed by atoms with van der Waals surface area (Å²) in [6.07, 6.45) is 8.84. The van der Waals surface area contributed by atoms with Gasteiger partial charge in [0.15, 0.2) is 0 Å². The quantitative estimate of drug-likeness (QED) is 0.821. The van der Waals surface area contributed by atoms with Crippen LogP contribution in [-0.4, -0.2) is 22.9 Å². The van der Waals surface area contributed by atoms with Gasteiger partial charge < -0.3 is 5.32 Å². The van der Waals surface area contributed by atoms with Crippen molar-refractivity contribution < 1.29 is 0 Å². The molecule has 0 saturated heterocycles. The van der Waals surface area contributed by atoms with Gasteiger partial charge in [0, 0.05) is 24.4 Å². The van der Waals surface area contributed by atoms with E-state index in [4.69, 9.17) is 0 Å². The molecule has 20 heavy (non-hydrogen) atoms. The molecule has 0 spiro atoms. The lowest BCUT2D eigenvalue weighted by molar-refractivity contribution is 0.213. The Morgan fingerprint density at radius 2 is 2.15 bits per heavy atom. The molecule has 3 atom stereocenters. The molecular weight excluding hydrogens is 246 g/mol. The lowest BCUT2D eigenvalue weighted by Gasteiger charge is -2.36. The van der Waals surface area contributed by atoms with E-state index in [9.17, 15) is 0 Å². The van der Waals surface area contributed by atoms with Crippen LogP contribution in [0.5, 0.6) is 0 Å². The summed E-state index contributed by atoms with van der Waals surface area (Å²) in [7, 11) is 0. The van der Waals surface area contributed by atoms with Crippen LogP contribution < -0.4 is 5.32 Å². The van der Waals surface area contributed by atoms with Crippen LogP contribution in [0.25, 0.3) is 0 Å². The second-order valence-corrected chi connectivity index (χ2v) is 6.21. The van der Waals surface area contributed by atoms with E-state index in [0.717, 1.165) is 31.5 Å². The molecule has 1 saturated carbocycles. The molecule has 3 unspecified atom stereocenters. The predicted molar refractivity (Wildman–Crippen MR) is 84.9 cm³/mol. The van der Waals surface area contributed by atoms with E-state index in [0.29, 0.717) is 5.92 Å². The molecule has 0 aromatic carbocycles. The lowest BCUT2D eigenvalue weighted by atomic mass is 9.71. The Balaban J connectivity index is 2.12. The molecule has 3 heteroatoms. The maximum absolute atomic E-state index is 4.49. The first kappa shape index (κ1) is 15.6. The van der Waals surface area contributed by atoms with Crippen molar-refractivity contribution >= 4 is 0 Å². The number of nitrogens with one attached hydrogen (secondary N) is 1. The summed E-state index contributed by atoms with van der Waals surface area (Å²) in [5.41, 5.74) is 1.47. The maximum Gasteiger partial charge on any atom is 0.0492 e. The van der Waals surface area contributed by atoms with E-state index >= 15 is 0 Å². The number of aromatic nitrogens is 2. The predicted octanol–water partition coefficient (Wildman–Crippen LogP) is 3.81. The summed E-state index contributed by atoms with van der Waals surface area (Å²) in [4.78, 5) is 0. The molecule has 1 N–H and O–H groups in total.